The molecule has 4 aromatic rings. The van der Waals surface area contributed by atoms with Crippen molar-refractivity contribution in [1.82, 2.24) is 14.6 Å². The van der Waals surface area contributed by atoms with E-state index in [1.165, 1.54) is 6.33 Å². The van der Waals surface area contributed by atoms with Crippen molar-refractivity contribution in [2.24, 2.45) is 0 Å². The number of nitrogens with zero attached hydrogens (tertiary/aromatic N) is 4. The molecule has 0 radical (unpaired) electrons. The zero-order valence-corrected chi connectivity index (χ0v) is 21.9. The highest BCUT2D eigenvalue weighted by molar-refractivity contribution is 7.22. The summed E-state index contributed by atoms with van der Waals surface area (Å²) in [5.74, 6) is 1.16. The number of nitrogen functional groups attached to an aromatic ring is 1. The van der Waals surface area contributed by atoms with Gasteiger partial charge in [0.2, 0.25) is 0 Å². The summed E-state index contributed by atoms with van der Waals surface area (Å²) in [5, 5.41) is 15.6. The van der Waals surface area contributed by atoms with Crippen LogP contribution >= 0.6 is 11.3 Å². The standard InChI is InChI=1S/C24H29N5O2SSi/c1-14-8-15-10-19(32-22(15)18(9-14)30-5)20-16(12-31-33(6,7)24(2,3)4)17(11-25)29-21(20)23(26)27-13-28-29/h8-10,13H,12H2,1-7H3,(H2,26,27,28). The number of hydrogen-bond donors (Lipinski definition) is 1. The van der Waals surface area contributed by atoms with E-state index < -0.39 is 8.32 Å². The molecule has 0 aliphatic rings. The number of thiophene rings is 1. The van der Waals surface area contributed by atoms with Crippen LogP contribution in [-0.2, 0) is 11.0 Å². The second-order valence-corrected chi connectivity index (χ2v) is 15.6. The second kappa shape index (κ2) is 8.13. The smallest absolute Gasteiger partial charge is 0.192 e. The Morgan fingerprint density at radius 2 is 1.97 bits per heavy atom. The number of anilines is 1. The van der Waals surface area contributed by atoms with Gasteiger partial charge in [-0.05, 0) is 48.1 Å². The summed E-state index contributed by atoms with van der Waals surface area (Å²) >= 11 is 1.61. The maximum absolute atomic E-state index is 10.1. The van der Waals surface area contributed by atoms with Crippen LogP contribution in [0.15, 0.2) is 24.5 Å². The molecular weight excluding hydrogens is 450 g/mol. The minimum absolute atomic E-state index is 0.0421. The molecule has 3 aromatic heterocycles. The molecule has 9 heteroatoms. The van der Waals surface area contributed by atoms with Crippen molar-refractivity contribution in [2.45, 2.75) is 52.4 Å². The van der Waals surface area contributed by atoms with Crippen LogP contribution in [0.1, 0.15) is 37.6 Å². The fourth-order valence-electron chi connectivity index (χ4n) is 3.69. The number of rotatable bonds is 5. The molecule has 172 valence electrons. The number of nitrogens with two attached hydrogens (primary N) is 1. The van der Waals surface area contributed by atoms with E-state index in [-0.39, 0.29) is 5.04 Å². The summed E-state index contributed by atoms with van der Waals surface area (Å²) in [4.78, 5) is 5.19. The second-order valence-electron chi connectivity index (χ2n) is 9.76. The van der Waals surface area contributed by atoms with Crippen LogP contribution in [0.4, 0.5) is 5.82 Å². The Bertz CT molecular complexity index is 1410. The van der Waals surface area contributed by atoms with Crippen LogP contribution in [0.25, 0.3) is 26.0 Å². The third-order valence-electron chi connectivity index (χ3n) is 6.54. The number of hydrogen-bond acceptors (Lipinski definition) is 7. The monoisotopic (exact) mass is 479 g/mol. The normalized spacial score (nSPS) is 12.4. The molecular formula is C24H29N5O2SSi. The third-order valence-corrected chi connectivity index (χ3v) is 12.2. The highest BCUT2D eigenvalue weighted by Crippen LogP contribution is 2.45. The average molecular weight is 480 g/mol. The molecule has 0 aliphatic heterocycles. The lowest BCUT2D eigenvalue weighted by molar-refractivity contribution is 0.276. The molecule has 0 saturated heterocycles. The van der Waals surface area contributed by atoms with Crippen LogP contribution in [-0.4, -0.2) is 30.0 Å². The summed E-state index contributed by atoms with van der Waals surface area (Å²) in [6.45, 7) is 13.4. The number of aromatic nitrogens is 3. The molecule has 4 rings (SSSR count). The Morgan fingerprint density at radius 3 is 2.61 bits per heavy atom. The van der Waals surface area contributed by atoms with Crippen molar-refractivity contribution in [3.05, 3.63) is 41.3 Å². The summed E-state index contributed by atoms with van der Waals surface area (Å²) in [6.07, 6.45) is 1.38. The average Bonchev–Trinajstić information content (AvgIpc) is 3.29. The third kappa shape index (κ3) is 3.88. The topological polar surface area (TPSA) is 98.5 Å². The lowest BCUT2D eigenvalue weighted by atomic mass is 10.1. The van der Waals surface area contributed by atoms with Gasteiger partial charge in [-0.3, -0.25) is 0 Å². The van der Waals surface area contributed by atoms with E-state index in [1.54, 1.807) is 23.0 Å². The molecule has 0 aliphatic carbocycles. The SMILES string of the molecule is COc1cc(C)cc2cc(-c3c(CO[Si](C)(C)C(C)(C)C)c(C#N)n4ncnc(N)c34)sc12. The predicted molar refractivity (Wildman–Crippen MR) is 136 cm³/mol. The minimum Gasteiger partial charge on any atom is -0.495 e. The lowest BCUT2D eigenvalue weighted by Gasteiger charge is -2.36. The van der Waals surface area contributed by atoms with Gasteiger partial charge in [0.25, 0.3) is 0 Å². The van der Waals surface area contributed by atoms with Gasteiger partial charge >= 0.3 is 0 Å². The maximum atomic E-state index is 10.1. The largest absolute Gasteiger partial charge is 0.495 e. The van der Waals surface area contributed by atoms with Crippen LogP contribution in [0.5, 0.6) is 5.75 Å². The van der Waals surface area contributed by atoms with E-state index in [4.69, 9.17) is 14.9 Å². The number of aryl methyl sites for hydroxylation is 1. The van der Waals surface area contributed by atoms with E-state index in [1.807, 2.05) is 13.0 Å². The highest BCUT2D eigenvalue weighted by Gasteiger charge is 2.38. The summed E-state index contributed by atoms with van der Waals surface area (Å²) in [6, 6.07) is 8.61. The van der Waals surface area contributed by atoms with Gasteiger partial charge < -0.3 is 14.9 Å². The van der Waals surface area contributed by atoms with Gasteiger partial charge in [0.1, 0.15) is 29.4 Å². The van der Waals surface area contributed by atoms with Gasteiger partial charge in [-0.25, -0.2) is 9.50 Å². The fraction of sp³-hybridized carbons (Fsp3) is 0.375. The Morgan fingerprint density at radius 1 is 1.24 bits per heavy atom. The quantitative estimate of drug-likeness (QED) is 0.358. The van der Waals surface area contributed by atoms with Crippen LogP contribution in [0, 0.1) is 18.3 Å². The maximum Gasteiger partial charge on any atom is 0.192 e. The molecule has 0 atom stereocenters. The molecule has 0 fully saturated rings. The number of ether oxygens (including phenoxy) is 1. The first kappa shape index (κ1) is 23.2. The summed E-state index contributed by atoms with van der Waals surface area (Å²) in [7, 11) is -0.386. The molecule has 7 nitrogen and oxygen atoms in total. The highest BCUT2D eigenvalue weighted by atomic mass is 32.1. The molecule has 2 N–H and O–H groups in total. The van der Waals surface area contributed by atoms with Crippen molar-refractivity contribution < 1.29 is 9.16 Å². The van der Waals surface area contributed by atoms with Gasteiger partial charge in [0.15, 0.2) is 14.1 Å². The molecule has 0 saturated carbocycles. The first-order valence-corrected chi connectivity index (χ1v) is 14.5. The zero-order chi connectivity index (χ0) is 24.1. The fourth-order valence-corrected chi connectivity index (χ4v) is 5.83. The Hall–Kier alpha value is -2.93. The molecule has 0 spiro atoms. The lowest BCUT2D eigenvalue weighted by Crippen LogP contribution is -2.40. The van der Waals surface area contributed by atoms with Crippen molar-refractivity contribution >= 4 is 41.1 Å². The zero-order valence-electron chi connectivity index (χ0n) is 20.1. The predicted octanol–water partition coefficient (Wildman–Crippen LogP) is 5.90. The van der Waals surface area contributed by atoms with Gasteiger partial charge in [-0.15, -0.1) is 11.3 Å². The number of fused-ring (bicyclic) bond motifs is 2. The molecule has 1 aromatic carbocycles. The van der Waals surface area contributed by atoms with E-state index in [0.29, 0.717) is 23.6 Å². The molecule has 0 amide bonds. The first-order valence-electron chi connectivity index (χ1n) is 10.7. The Labute approximate surface area is 198 Å². The van der Waals surface area contributed by atoms with E-state index >= 15 is 0 Å². The number of benzene rings is 1. The van der Waals surface area contributed by atoms with Crippen LogP contribution < -0.4 is 10.5 Å². The van der Waals surface area contributed by atoms with E-state index in [0.717, 1.165) is 37.4 Å². The van der Waals surface area contributed by atoms with Gasteiger partial charge in [-0.1, -0.05) is 26.8 Å². The van der Waals surface area contributed by atoms with Gasteiger partial charge in [-0.2, -0.15) is 10.4 Å². The van der Waals surface area contributed by atoms with Crippen molar-refractivity contribution in [1.29, 1.82) is 5.26 Å². The molecule has 0 bridgehead atoms. The Kier molecular flexibility index (Phi) is 5.72. The van der Waals surface area contributed by atoms with Crippen molar-refractivity contribution in [2.75, 3.05) is 12.8 Å². The molecule has 3 heterocycles. The van der Waals surface area contributed by atoms with E-state index in [2.05, 4.69) is 62.1 Å². The van der Waals surface area contributed by atoms with Crippen molar-refractivity contribution in [3.63, 3.8) is 0 Å². The number of methoxy groups -OCH3 is 1. The molecule has 33 heavy (non-hydrogen) atoms. The Balaban J connectivity index is 1.99. The van der Waals surface area contributed by atoms with Crippen molar-refractivity contribution in [3.8, 4) is 22.3 Å². The number of nitriles is 1. The van der Waals surface area contributed by atoms with Gasteiger partial charge in [0.05, 0.1) is 18.4 Å². The minimum atomic E-state index is -2.07. The molecule has 0 unspecified atom stereocenters. The summed E-state index contributed by atoms with van der Waals surface area (Å²) in [5.41, 5.74) is 10.1. The summed E-state index contributed by atoms with van der Waals surface area (Å²) < 4.78 is 14.8. The van der Waals surface area contributed by atoms with E-state index in [9.17, 15) is 5.26 Å². The van der Waals surface area contributed by atoms with Crippen LogP contribution in [0.3, 0.4) is 0 Å². The first-order chi connectivity index (χ1) is 15.5. The van der Waals surface area contributed by atoms with Gasteiger partial charge in [0, 0.05) is 16.0 Å². The van der Waals surface area contributed by atoms with Crippen LogP contribution in [0.2, 0.25) is 18.1 Å².